The van der Waals surface area contributed by atoms with Gasteiger partial charge in [0.15, 0.2) is 0 Å². The fraction of sp³-hybridized carbons (Fsp3) is 0.600. The van der Waals surface area contributed by atoms with E-state index in [1.54, 1.807) is 6.92 Å². The zero-order chi connectivity index (χ0) is 13.9. The maximum atomic E-state index is 11.7. The summed E-state index contributed by atoms with van der Waals surface area (Å²) in [6.45, 7) is 2.41. The summed E-state index contributed by atoms with van der Waals surface area (Å²) < 4.78 is 5.21. The molecule has 1 aromatic heterocycles. The second kappa shape index (κ2) is 5.22. The van der Waals surface area contributed by atoms with Gasteiger partial charge in [0, 0.05) is 0 Å². The van der Waals surface area contributed by atoms with Crippen LogP contribution >= 0.6 is 0 Å². The third kappa shape index (κ3) is 3.41. The van der Waals surface area contributed by atoms with Crippen molar-refractivity contribution in [2.24, 2.45) is 0 Å². The number of carbonyl (C=O) groups excluding carboxylic acids is 1. The molecule has 0 atom stereocenters. The third-order valence-electron chi connectivity index (χ3n) is 2.75. The van der Waals surface area contributed by atoms with Gasteiger partial charge in [-0.1, -0.05) is 0 Å². The maximum absolute atomic E-state index is 11.7. The van der Waals surface area contributed by atoms with Gasteiger partial charge >= 0.3 is 12.0 Å². The number of amides is 2. The molecule has 9 heteroatoms. The molecule has 9 nitrogen and oxygen atoms in total. The molecule has 1 saturated heterocycles. The Morgan fingerprint density at radius 1 is 1.63 bits per heavy atom. The van der Waals surface area contributed by atoms with Crippen LogP contribution in [0.5, 0.6) is 0 Å². The number of hydrogen-bond donors (Lipinski definition) is 3. The monoisotopic (exact) mass is 269 g/mol. The summed E-state index contributed by atoms with van der Waals surface area (Å²) in [6.07, 6.45) is 1.36. The van der Waals surface area contributed by atoms with Crippen molar-refractivity contribution in [1.82, 2.24) is 25.4 Å². The molecule has 0 spiro atoms. The van der Waals surface area contributed by atoms with Crippen LogP contribution in [-0.2, 0) is 16.1 Å². The fourth-order valence-corrected chi connectivity index (χ4v) is 1.82. The van der Waals surface area contributed by atoms with Crippen molar-refractivity contribution in [2.75, 3.05) is 19.7 Å². The van der Waals surface area contributed by atoms with E-state index in [1.807, 2.05) is 0 Å². The minimum atomic E-state index is -1.02. The number of carboxylic acid groups (broad SMARTS) is 1. The van der Waals surface area contributed by atoms with Gasteiger partial charge in [-0.2, -0.15) is 5.10 Å². The van der Waals surface area contributed by atoms with E-state index in [1.165, 1.54) is 11.2 Å². The summed E-state index contributed by atoms with van der Waals surface area (Å²) >= 11 is 0. The summed E-state index contributed by atoms with van der Waals surface area (Å²) in [5.74, 6) is -0.451. The molecule has 104 valence electrons. The highest BCUT2D eigenvalue weighted by Gasteiger charge is 2.42. The standard InChI is InChI=1S/C10H15N5O4/c1-10(19-3-8(16)17)4-15(5-10)9(18)11-2-7-12-6-13-14-7/h6H,2-5H2,1H3,(H,11,18)(H,16,17)(H,12,13,14). The number of H-pyrrole nitrogens is 1. The summed E-state index contributed by atoms with van der Waals surface area (Å²) in [5, 5.41) is 17.5. The van der Waals surface area contributed by atoms with Crippen LogP contribution in [0.3, 0.4) is 0 Å². The van der Waals surface area contributed by atoms with E-state index in [-0.39, 0.29) is 19.2 Å². The number of urea groups is 1. The molecule has 0 unspecified atom stereocenters. The smallest absolute Gasteiger partial charge is 0.329 e. The van der Waals surface area contributed by atoms with E-state index < -0.39 is 11.6 Å². The Morgan fingerprint density at radius 3 is 2.95 bits per heavy atom. The normalized spacial score (nSPS) is 16.8. The molecule has 19 heavy (non-hydrogen) atoms. The van der Waals surface area contributed by atoms with E-state index in [4.69, 9.17) is 9.84 Å². The van der Waals surface area contributed by atoms with Crippen molar-refractivity contribution in [3.05, 3.63) is 12.2 Å². The zero-order valence-corrected chi connectivity index (χ0v) is 10.4. The highest BCUT2D eigenvalue weighted by molar-refractivity contribution is 5.75. The molecule has 2 heterocycles. The first kappa shape index (κ1) is 13.3. The van der Waals surface area contributed by atoms with Crippen molar-refractivity contribution in [1.29, 1.82) is 0 Å². The zero-order valence-electron chi connectivity index (χ0n) is 10.4. The van der Waals surface area contributed by atoms with Gasteiger partial charge in [-0.3, -0.25) is 5.10 Å². The Morgan fingerprint density at radius 2 is 2.37 bits per heavy atom. The Hall–Kier alpha value is -2.16. The van der Waals surface area contributed by atoms with Gasteiger partial charge in [0.1, 0.15) is 24.4 Å². The average molecular weight is 269 g/mol. The molecule has 2 rings (SSSR count). The van der Waals surface area contributed by atoms with Crippen LogP contribution in [0.2, 0.25) is 0 Å². The third-order valence-corrected chi connectivity index (χ3v) is 2.75. The molecule has 2 amide bonds. The summed E-state index contributed by atoms with van der Waals surface area (Å²) in [4.78, 5) is 27.5. The second-order valence-electron chi connectivity index (χ2n) is 4.58. The molecule has 1 aliphatic heterocycles. The number of aromatic nitrogens is 3. The van der Waals surface area contributed by atoms with Gasteiger partial charge in [0.2, 0.25) is 0 Å². The predicted octanol–water partition coefficient (Wildman–Crippen LogP) is -0.810. The van der Waals surface area contributed by atoms with Gasteiger partial charge in [0.25, 0.3) is 0 Å². The number of rotatable bonds is 5. The van der Waals surface area contributed by atoms with Gasteiger partial charge in [0.05, 0.1) is 19.6 Å². The molecule has 0 aliphatic carbocycles. The summed E-state index contributed by atoms with van der Waals surface area (Å²) in [7, 11) is 0. The first-order chi connectivity index (χ1) is 8.98. The average Bonchev–Trinajstić information content (AvgIpc) is 2.83. The molecule has 3 N–H and O–H groups in total. The molecular weight excluding hydrogens is 254 g/mol. The van der Waals surface area contributed by atoms with Crippen molar-refractivity contribution in [2.45, 2.75) is 19.1 Å². The van der Waals surface area contributed by atoms with Crippen molar-refractivity contribution < 1.29 is 19.4 Å². The molecule has 1 fully saturated rings. The highest BCUT2D eigenvalue weighted by Crippen LogP contribution is 2.24. The first-order valence-corrected chi connectivity index (χ1v) is 5.71. The van der Waals surface area contributed by atoms with Crippen LogP contribution in [0.25, 0.3) is 0 Å². The molecule has 1 aliphatic rings. The molecule has 0 bridgehead atoms. The van der Waals surface area contributed by atoms with Crippen molar-refractivity contribution >= 4 is 12.0 Å². The number of nitrogens with one attached hydrogen (secondary N) is 2. The van der Waals surface area contributed by atoms with Crippen LogP contribution in [0.15, 0.2) is 6.33 Å². The van der Waals surface area contributed by atoms with Gasteiger partial charge in [-0.25, -0.2) is 14.6 Å². The minimum absolute atomic E-state index is 0.243. The lowest BCUT2D eigenvalue weighted by molar-refractivity contribution is -0.159. The van der Waals surface area contributed by atoms with E-state index >= 15 is 0 Å². The first-order valence-electron chi connectivity index (χ1n) is 5.71. The van der Waals surface area contributed by atoms with Crippen molar-refractivity contribution in [3.63, 3.8) is 0 Å². The van der Waals surface area contributed by atoms with E-state index in [0.29, 0.717) is 18.9 Å². The fourth-order valence-electron chi connectivity index (χ4n) is 1.82. The number of hydrogen-bond acceptors (Lipinski definition) is 5. The summed E-state index contributed by atoms with van der Waals surface area (Å²) in [5.41, 5.74) is -0.581. The van der Waals surface area contributed by atoms with Crippen LogP contribution < -0.4 is 5.32 Å². The highest BCUT2D eigenvalue weighted by atomic mass is 16.5. The number of aromatic amines is 1. The Balaban J connectivity index is 1.70. The molecule has 0 saturated carbocycles. The van der Waals surface area contributed by atoms with Gasteiger partial charge in [-0.15, -0.1) is 0 Å². The number of carboxylic acids is 1. The quantitative estimate of drug-likeness (QED) is 0.643. The predicted molar refractivity (Wildman–Crippen MR) is 62.2 cm³/mol. The van der Waals surface area contributed by atoms with E-state index in [9.17, 15) is 9.59 Å². The lowest BCUT2D eigenvalue weighted by Crippen LogP contribution is -2.65. The van der Waals surface area contributed by atoms with Crippen LogP contribution in [0, 0.1) is 0 Å². The second-order valence-corrected chi connectivity index (χ2v) is 4.58. The number of ether oxygens (including phenoxy) is 1. The number of likely N-dealkylation sites (tertiary alicyclic amines) is 1. The maximum Gasteiger partial charge on any atom is 0.329 e. The Labute approximate surface area is 109 Å². The largest absolute Gasteiger partial charge is 0.480 e. The number of carbonyl (C=O) groups is 2. The Kier molecular flexibility index (Phi) is 3.65. The Bertz CT molecular complexity index is 454. The minimum Gasteiger partial charge on any atom is -0.480 e. The molecule has 0 aromatic carbocycles. The molecular formula is C10H15N5O4. The number of nitrogens with zero attached hydrogens (tertiary/aromatic N) is 3. The molecule has 0 radical (unpaired) electrons. The van der Waals surface area contributed by atoms with Gasteiger partial charge < -0.3 is 20.1 Å². The molecule has 1 aromatic rings. The SMILES string of the molecule is CC1(OCC(=O)O)CN(C(=O)NCc2ncn[nH]2)C1. The number of aliphatic carboxylic acids is 1. The van der Waals surface area contributed by atoms with Crippen LogP contribution in [0.1, 0.15) is 12.7 Å². The van der Waals surface area contributed by atoms with Crippen LogP contribution in [-0.4, -0.2) is 62.5 Å². The lowest BCUT2D eigenvalue weighted by Gasteiger charge is -2.46. The van der Waals surface area contributed by atoms with E-state index in [0.717, 1.165) is 0 Å². The lowest BCUT2D eigenvalue weighted by atomic mass is 9.97. The van der Waals surface area contributed by atoms with Gasteiger partial charge in [-0.05, 0) is 6.92 Å². The van der Waals surface area contributed by atoms with Crippen molar-refractivity contribution in [3.8, 4) is 0 Å². The van der Waals surface area contributed by atoms with E-state index in [2.05, 4.69) is 20.5 Å². The van der Waals surface area contributed by atoms with Crippen LogP contribution in [0.4, 0.5) is 4.79 Å². The summed E-state index contributed by atoms with van der Waals surface area (Å²) in [6, 6.07) is -0.243. The topological polar surface area (TPSA) is 120 Å².